The third-order valence-corrected chi connectivity index (χ3v) is 5.04. The first-order valence-electron chi connectivity index (χ1n) is 8.98. The molecule has 0 rings (SSSR count). The fraction of sp³-hybridized carbons (Fsp3) is 0.938. The Labute approximate surface area is 148 Å². The number of aliphatic imine (C=N–C) groups is 1. The van der Waals surface area contributed by atoms with E-state index in [1.165, 1.54) is 0 Å². The molecular weight excluding hydrogens is 326 g/mol. The van der Waals surface area contributed by atoms with Crippen molar-refractivity contribution in [1.29, 1.82) is 0 Å². The second-order valence-corrected chi connectivity index (χ2v) is 8.36. The van der Waals surface area contributed by atoms with Crippen molar-refractivity contribution in [1.82, 2.24) is 20.3 Å². The molecule has 24 heavy (non-hydrogen) atoms. The zero-order chi connectivity index (χ0) is 18.6. The van der Waals surface area contributed by atoms with Crippen LogP contribution in [0.25, 0.3) is 0 Å². The average Bonchev–Trinajstić information content (AvgIpc) is 2.50. The maximum atomic E-state index is 11.3. The van der Waals surface area contributed by atoms with Crippen LogP contribution in [0.5, 0.6) is 0 Å². The van der Waals surface area contributed by atoms with Crippen LogP contribution in [0, 0.1) is 0 Å². The molecule has 0 aromatic carbocycles. The van der Waals surface area contributed by atoms with Crippen LogP contribution in [0.3, 0.4) is 0 Å². The SMILES string of the molecule is CCNC(=NCCCNS(=O)(=O)CC)NCCN(C(C)C)C(C)C. The highest BCUT2D eigenvalue weighted by Crippen LogP contribution is 2.03. The van der Waals surface area contributed by atoms with Crippen LogP contribution in [-0.4, -0.2) is 69.8 Å². The van der Waals surface area contributed by atoms with Crippen LogP contribution in [0.15, 0.2) is 4.99 Å². The average molecular weight is 364 g/mol. The summed E-state index contributed by atoms with van der Waals surface area (Å²) in [5, 5.41) is 6.55. The summed E-state index contributed by atoms with van der Waals surface area (Å²) in [6.45, 7) is 16.1. The van der Waals surface area contributed by atoms with Crippen molar-refractivity contribution in [3.8, 4) is 0 Å². The second-order valence-electron chi connectivity index (χ2n) is 6.26. The first-order valence-corrected chi connectivity index (χ1v) is 10.6. The Morgan fingerprint density at radius 1 is 1.04 bits per heavy atom. The molecule has 0 heterocycles. The number of sulfonamides is 1. The molecule has 0 aliphatic rings. The summed E-state index contributed by atoms with van der Waals surface area (Å²) < 4.78 is 25.2. The summed E-state index contributed by atoms with van der Waals surface area (Å²) in [6, 6.07) is 1.02. The highest BCUT2D eigenvalue weighted by Gasteiger charge is 2.12. The molecule has 0 aromatic rings. The molecule has 0 amide bonds. The van der Waals surface area contributed by atoms with Crippen molar-refractivity contribution < 1.29 is 8.42 Å². The molecule has 0 saturated heterocycles. The van der Waals surface area contributed by atoms with Crippen LogP contribution in [0.2, 0.25) is 0 Å². The normalized spacial score (nSPS) is 13.1. The fourth-order valence-electron chi connectivity index (χ4n) is 2.36. The molecule has 3 N–H and O–H groups in total. The van der Waals surface area contributed by atoms with Gasteiger partial charge in [-0.2, -0.15) is 0 Å². The van der Waals surface area contributed by atoms with E-state index in [0.717, 1.165) is 25.6 Å². The predicted molar refractivity (Wildman–Crippen MR) is 103 cm³/mol. The molecule has 0 saturated carbocycles. The van der Waals surface area contributed by atoms with E-state index in [-0.39, 0.29) is 5.75 Å². The fourth-order valence-corrected chi connectivity index (χ4v) is 3.02. The Morgan fingerprint density at radius 3 is 2.17 bits per heavy atom. The van der Waals surface area contributed by atoms with Gasteiger partial charge in [-0.1, -0.05) is 0 Å². The quantitative estimate of drug-likeness (QED) is 0.273. The van der Waals surface area contributed by atoms with Crippen molar-refractivity contribution in [3.05, 3.63) is 0 Å². The summed E-state index contributed by atoms with van der Waals surface area (Å²) in [5.74, 6) is 0.895. The molecule has 7 nitrogen and oxygen atoms in total. The molecule has 0 radical (unpaired) electrons. The topological polar surface area (TPSA) is 85.8 Å². The maximum Gasteiger partial charge on any atom is 0.211 e. The Balaban J connectivity index is 4.24. The van der Waals surface area contributed by atoms with Gasteiger partial charge in [0.25, 0.3) is 0 Å². The van der Waals surface area contributed by atoms with E-state index in [0.29, 0.717) is 31.6 Å². The van der Waals surface area contributed by atoms with Crippen molar-refractivity contribution in [2.45, 2.75) is 60.0 Å². The first-order chi connectivity index (χ1) is 11.2. The third kappa shape index (κ3) is 10.8. The van der Waals surface area contributed by atoms with E-state index >= 15 is 0 Å². The number of nitrogens with one attached hydrogen (secondary N) is 3. The van der Waals surface area contributed by atoms with Crippen LogP contribution in [-0.2, 0) is 10.0 Å². The van der Waals surface area contributed by atoms with E-state index < -0.39 is 10.0 Å². The molecule has 0 bridgehead atoms. The second kappa shape index (κ2) is 12.5. The number of guanidine groups is 1. The number of nitrogens with zero attached hydrogens (tertiary/aromatic N) is 2. The van der Waals surface area contributed by atoms with Crippen molar-refractivity contribution in [2.75, 3.05) is 38.5 Å². The Kier molecular flexibility index (Phi) is 12.0. The van der Waals surface area contributed by atoms with Gasteiger partial charge in [-0.15, -0.1) is 0 Å². The van der Waals surface area contributed by atoms with E-state index in [1.807, 2.05) is 6.92 Å². The summed E-state index contributed by atoms with van der Waals surface area (Å²) in [4.78, 5) is 6.91. The van der Waals surface area contributed by atoms with Gasteiger partial charge < -0.3 is 10.6 Å². The van der Waals surface area contributed by atoms with Gasteiger partial charge in [0.15, 0.2) is 5.96 Å². The van der Waals surface area contributed by atoms with E-state index in [4.69, 9.17) is 0 Å². The molecule has 0 aromatic heterocycles. The lowest BCUT2D eigenvalue weighted by atomic mass is 10.2. The van der Waals surface area contributed by atoms with E-state index in [2.05, 4.69) is 52.9 Å². The Hall–Kier alpha value is -0.860. The van der Waals surface area contributed by atoms with Gasteiger partial charge in [0, 0.05) is 44.8 Å². The van der Waals surface area contributed by atoms with Crippen molar-refractivity contribution >= 4 is 16.0 Å². The van der Waals surface area contributed by atoms with Crippen molar-refractivity contribution in [2.24, 2.45) is 4.99 Å². The number of hydrogen-bond acceptors (Lipinski definition) is 4. The lowest BCUT2D eigenvalue weighted by Gasteiger charge is -2.30. The summed E-state index contributed by atoms with van der Waals surface area (Å²) >= 11 is 0. The molecule has 0 spiro atoms. The minimum Gasteiger partial charge on any atom is -0.357 e. The number of hydrogen-bond donors (Lipinski definition) is 3. The number of rotatable bonds is 12. The van der Waals surface area contributed by atoms with Crippen LogP contribution in [0.1, 0.15) is 48.0 Å². The molecule has 0 atom stereocenters. The van der Waals surface area contributed by atoms with Crippen LogP contribution in [0.4, 0.5) is 0 Å². The molecule has 0 aliphatic heterocycles. The minimum absolute atomic E-state index is 0.114. The van der Waals surface area contributed by atoms with Gasteiger partial charge in [-0.3, -0.25) is 9.89 Å². The lowest BCUT2D eigenvalue weighted by molar-refractivity contribution is 0.178. The molecular formula is C16H37N5O2S. The third-order valence-electron chi connectivity index (χ3n) is 3.64. The maximum absolute atomic E-state index is 11.3. The Bertz CT molecular complexity index is 441. The van der Waals surface area contributed by atoms with Gasteiger partial charge in [-0.05, 0) is 48.0 Å². The molecule has 0 aliphatic carbocycles. The van der Waals surface area contributed by atoms with Crippen LogP contribution >= 0.6 is 0 Å². The smallest absolute Gasteiger partial charge is 0.211 e. The van der Waals surface area contributed by atoms with Gasteiger partial charge in [0.05, 0.1) is 5.75 Å². The van der Waals surface area contributed by atoms with Crippen LogP contribution < -0.4 is 15.4 Å². The zero-order valence-corrected chi connectivity index (χ0v) is 17.0. The van der Waals surface area contributed by atoms with Gasteiger partial charge in [0.1, 0.15) is 0 Å². The highest BCUT2D eigenvalue weighted by atomic mass is 32.2. The minimum atomic E-state index is -3.11. The predicted octanol–water partition coefficient (Wildman–Crippen LogP) is 0.990. The van der Waals surface area contributed by atoms with E-state index in [9.17, 15) is 8.42 Å². The first kappa shape index (κ1) is 23.1. The molecule has 0 fully saturated rings. The van der Waals surface area contributed by atoms with Gasteiger partial charge in [0.2, 0.25) is 10.0 Å². The van der Waals surface area contributed by atoms with E-state index in [1.54, 1.807) is 6.92 Å². The monoisotopic (exact) mass is 363 g/mol. The Morgan fingerprint density at radius 2 is 1.67 bits per heavy atom. The summed E-state index contributed by atoms with van der Waals surface area (Å²) in [5.41, 5.74) is 0. The largest absolute Gasteiger partial charge is 0.357 e. The molecule has 144 valence electrons. The lowest BCUT2D eigenvalue weighted by Crippen LogP contribution is -2.45. The molecule has 0 unspecified atom stereocenters. The highest BCUT2D eigenvalue weighted by molar-refractivity contribution is 7.89. The summed E-state index contributed by atoms with van der Waals surface area (Å²) in [7, 11) is -3.11. The zero-order valence-electron chi connectivity index (χ0n) is 16.2. The van der Waals surface area contributed by atoms with Crippen molar-refractivity contribution in [3.63, 3.8) is 0 Å². The van der Waals surface area contributed by atoms with Gasteiger partial charge >= 0.3 is 0 Å². The molecule has 8 heteroatoms. The van der Waals surface area contributed by atoms with Gasteiger partial charge in [-0.25, -0.2) is 13.1 Å². The summed E-state index contributed by atoms with van der Waals surface area (Å²) in [6.07, 6.45) is 0.680. The standard InChI is InChI=1S/C16H37N5O2S/c1-7-17-16(18-10-9-11-20-24(22,23)8-2)19-12-13-21(14(3)4)15(5)6/h14-15,20H,7-13H2,1-6H3,(H2,17,18,19).